The van der Waals surface area contributed by atoms with E-state index in [0.717, 1.165) is 23.4 Å². The number of allylic oxidation sites excluding steroid dienone is 4. The highest BCUT2D eigenvalue weighted by molar-refractivity contribution is 7.90. The first kappa shape index (κ1) is 28.9. The SMILES string of the molecule is C/C=C\CC.C=C/C=C/C1(C)NC(c2ccc(F)cc2)=CN1c1ccc(S(C)(=O)=O)cc1.CC. The van der Waals surface area contributed by atoms with E-state index in [4.69, 9.17) is 0 Å². The monoisotopic (exact) mass is 484 g/mol. The van der Waals surface area contributed by atoms with Crippen LogP contribution in [0, 0.1) is 5.82 Å². The molecule has 0 aliphatic carbocycles. The van der Waals surface area contributed by atoms with Crippen molar-refractivity contribution in [3.8, 4) is 0 Å². The molecule has 184 valence electrons. The van der Waals surface area contributed by atoms with Gasteiger partial charge in [0.15, 0.2) is 9.84 Å². The Bertz CT molecular complexity index is 1100. The summed E-state index contributed by atoms with van der Waals surface area (Å²) in [6, 6.07) is 13.0. The molecule has 0 saturated carbocycles. The summed E-state index contributed by atoms with van der Waals surface area (Å²) in [5.74, 6) is -0.292. The quantitative estimate of drug-likeness (QED) is 0.351. The number of sulfone groups is 1. The molecule has 1 N–H and O–H groups in total. The van der Waals surface area contributed by atoms with E-state index < -0.39 is 15.5 Å². The number of rotatable bonds is 6. The molecule has 0 fully saturated rings. The largest absolute Gasteiger partial charge is 0.358 e. The van der Waals surface area contributed by atoms with Gasteiger partial charge in [0.05, 0.1) is 10.6 Å². The van der Waals surface area contributed by atoms with Gasteiger partial charge in [0.1, 0.15) is 11.5 Å². The zero-order valence-electron chi connectivity index (χ0n) is 21.0. The average molecular weight is 485 g/mol. The van der Waals surface area contributed by atoms with Gasteiger partial charge in [-0.3, -0.25) is 0 Å². The van der Waals surface area contributed by atoms with Gasteiger partial charge in [0.25, 0.3) is 0 Å². The van der Waals surface area contributed by atoms with E-state index in [1.54, 1.807) is 42.5 Å². The topological polar surface area (TPSA) is 49.4 Å². The fourth-order valence-corrected chi connectivity index (χ4v) is 3.84. The Labute approximate surface area is 205 Å². The summed E-state index contributed by atoms with van der Waals surface area (Å²) in [4.78, 5) is 2.27. The number of nitrogens with one attached hydrogen (secondary N) is 1. The Morgan fingerprint density at radius 2 is 1.68 bits per heavy atom. The van der Waals surface area contributed by atoms with E-state index in [0.29, 0.717) is 0 Å². The molecule has 2 aromatic carbocycles. The van der Waals surface area contributed by atoms with E-state index in [1.807, 2.05) is 50.9 Å². The number of anilines is 1. The van der Waals surface area contributed by atoms with Crippen LogP contribution in [0.3, 0.4) is 0 Å². The molecule has 1 aliphatic heterocycles. The Kier molecular flexibility index (Phi) is 11.5. The third-order valence-electron chi connectivity index (χ3n) is 4.87. The molecule has 6 heteroatoms. The first-order chi connectivity index (χ1) is 16.1. The third kappa shape index (κ3) is 8.03. The van der Waals surface area contributed by atoms with Crippen LogP contribution in [0.5, 0.6) is 0 Å². The van der Waals surface area contributed by atoms with Gasteiger partial charge in [-0.25, -0.2) is 12.8 Å². The van der Waals surface area contributed by atoms with Crippen LogP contribution in [-0.4, -0.2) is 20.3 Å². The molecule has 1 heterocycles. The first-order valence-corrected chi connectivity index (χ1v) is 13.3. The number of hydrogen-bond donors (Lipinski definition) is 1. The van der Waals surface area contributed by atoms with Crippen LogP contribution in [0.2, 0.25) is 0 Å². The fraction of sp³-hybridized carbons (Fsp3) is 0.286. The molecule has 0 amide bonds. The predicted octanol–water partition coefficient (Wildman–Crippen LogP) is 7.09. The van der Waals surface area contributed by atoms with E-state index in [9.17, 15) is 12.8 Å². The van der Waals surface area contributed by atoms with Crippen LogP contribution >= 0.6 is 0 Å². The number of nitrogens with zero attached hydrogens (tertiary/aromatic N) is 1. The van der Waals surface area contributed by atoms with Crippen LogP contribution < -0.4 is 10.2 Å². The van der Waals surface area contributed by atoms with Crippen molar-refractivity contribution in [3.63, 3.8) is 0 Å². The molecular formula is C28H37FN2O2S. The molecule has 0 spiro atoms. The van der Waals surface area contributed by atoms with Crippen LogP contribution in [0.4, 0.5) is 10.1 Å². The molecule has 34 heavy (non-hydrogen) atoms. The maximum atomic E-state index is 13.2. The Balaban J connectivity index is 0.000000733. The molecular weight excluding hydrogens is 447 g/mol. The van der Waals surface area contributed by atoms with Crippen LogP contribution in [0.15, 0.2) is 96.6 Å². The van der Waals surface area contributed by atoms with Crippen molar-refractivity contribution in [2.75, 3.05) is 11.2 Å². The second kappa shape index (κ2) is 13.6. The molecule has 4 nitrogen and oxygen atoms in total. The highest BCUT2D eigenvalue weighted by Gasteiger charge is 2.35. The van der Waals surface area contributed by atoms with Crippen molar-refractivity contribution >= 4 is 21.2 Å². The minimum absolute atomic E-state index is 0.268. The van der Waals surface area contributed by atoms with Crippen molar-refractivity contribution < 1.29 is 12.8 Å². The Morgan fingerprint density at radius 3 is 2.12 bits per heavy atom. The highest BCUT2D eigenvalue weighted by atomic mass is 32.2. The highest BCUT2D eigenvalue weighted by Crippen LogP contribution is 2.34. The summed E-state index contributed by atoms with van der Waals surface area (Å²) in [6.45, 7) is 13.9. The number of benzene rings is 2. The van der Waals surface area contributed by atoms with Gasteiger partial charge in [-0.15, -0.1) is 0 Å². The minimum Gasteiger partial charge on any atom is -0.358 e. The van der Waals surface area contributed by atoms with Gasteiger partial charge in [0, 0.05) is 18.1 Å². The zero-order chi connectivity index (χ0) is 25.8. The smallest absolute Gasteiger partial charge is 0.175 e. The predicted molar refractivity (Wildman–Crippen MR) is 144 cm³/mol. The summed E-state index contributed by atoms with van der Waals surface area (Å²) in [7, 11) is -3.26. The lowest BCUT2D eigenvalue weighted by Gasteiger charge is -2.34. The summed E-state index contributed by atoms with van der Waals surface area (Å²) in [5.41, 5.74) is 1.91. The standard InChI is InChI=1S/C21H21FN2O2S.C5H10.C2H6/c1-4-5-14-21(2)23-20(16-6-8-17(22)9-7-16)15-24(21)18-10-12-19(13-11-18)27(3,25)26;1-3-5-4-2;1-2/h4-15,23H,1H2,2-3H3;3,5H,4H2,1-2H3;1-2H3/b14-5+;5-3-;. The molecule has 1 atom stereocenters. The second-order valence-corrected chi connectivity index (χ2v) is 9.55. The lowest BCUT2D eigenvalue weighted by atomic mass is 10.1. The van der Waals surface area contributed by atoms with Gasteiger partial charge in [-0.05, 0) is 80.4 Å². The molecule has 0 aromatic heterocycles. The number of halogens is 1. The van der Waals surface area contributed by atoms with E-state index >= 15 is 0 Å². The van der Waals surface area contributed by atoms with Gasteiger partial charge in [0.2, 0.25) is 0 Å². The van der Waals surface area contributed by atoms with Crippen LogP contribution in [0.1, 0.15) is 46.6 Å². The first-order valence-electron chi connectivity index (χ1n) is 11.4. The van der Waals surface area contributed by atoms with E-state index in [2.05, 4.69) is 31.0 Å². The maximum absolute atomic E-state index is 13.2. The molecule has 1 aliphatic rings. The van der Waals surface area contributed by atoms with Crippen molar-refractivity contribution in [1.82, 2.24) is 5.32 Å². The average Bonchev–Trinajstić information content (AvgIpc) is 3.17. The molecule has 1 unspecified atom stereocenters. The number of hydrogen-bond acceptors (Lipinski definition) is 4. The van der Waals surface area contributed by atoms with Crippen molar-refractivity contribution in [2.45, 2.75) is 51.6 Å². The zero-order valence-corrected chi connectivity index (χ0v) is 21.9. The molecule has 3 rings (SSSR count). The minimum atomic E-state index is -3.26. The van der Waals surface area contributed by atoms with E-state index in [1.165, 1.54) is 18.4 Å². The normalized spacial score (nSPS) is 17.4. The lowest BCUT2D eigenvalue weighted by Crippen LogP contribution is -2.47. The maximum Gasteiger partial charge on any atom is 0.175 e. The molecule has 0 radical (unpaired) electrons. The van der Waals surface area contributed by atoms with Crippen molar-refractivity contribution in [1.29, 1.82) is 0 Å². The van der Waals surface area contributed by atoms with Gasteiger partial charge >= 0.3 is 0 Å². The summed E-state index contributed by atoms with van der Waals surface area (Å²) >= 11 is 0. The Hall–Kier alpha value is -3.12. The van der Waals surface area contributed by atoms with Crippen LogP contribution in [0.25, 0.3) is 5.70 Å². The summed E-state index contributed by atoms with van der Waals surface area (Å²) < 4.78 is 36.7. The molecule has 0 saturated heterocycles. The fourth-order valence-electron chi connectivity index (χ4n) is 3.21. The summed E-state index contributed by atoms with van der Waals surface area (Å²) in [6.07, 6.45) is 13.9. The molecule has 0 bridgehead atoms. The lowest BCUT2D eigenvalue weighted by molar-refractivity contribution is 0.543. The summed E-state index contributed by atoms with van der Waals surface area (Å²) in [5, 5.41) is 3.44. The van der Waals surface area contributed by atoms with Crippen molar-refractivity contribution in [3.05, 3.63) is 103 Å². The second-order valence-electron chi connectivity index (χ2n) is 7.53. The Morgan fingerprint density at radius 1 is 1.09 bits per heavy atom. The third-order valence-corrected chi connectivity index (χ3v) is 6.00. The molecule has 2 aromatic rings. The van der Waals surface area contributed by atoms with E-state index in [-0.39, 0.29) is 10.7 Å². The van der Waals surface area contributed by atoms with Gasteiger partial charge < -0.3 is 10.2 Å². The van der Waals surface area contributed by atoms with Crippen LogP contribution in [-0.2, 0) is 9.84 Å². The van der Waals surface area contributed by atoms with Crippen molar-refractivity contribution in [2.24, 2.45) is 0 Å². The van der Waals surface area contributed by atoms with Gasteiger partial charge in [-0.2, -0.15) is 0 Å². The van der Waals surface area contributed by atoms with Gasteiger partial charge in [-0.1, -0.05) is 51.7 Å².